The molecule has 2 aromatic rings. The zero-order valence-corrected chi connectivity index (χ0v) is 18.2. The third-order valence-corrected chi connectivity index (χ3v) is 5.05. The van der Waals surface area contributed by atoms with Crippen LogP contribution in [-0.4, -0.2) is 60.4 Å². The molecule has 0 spiro atoms. The first kappa shape index (κ1) is 24.4. The Kier molecular flexibility index (Phi) is 7.24. The second kappa shape index (κ2) is 10.1. The maximum absolute atomic E-state index is 14.5. The van der Waals surface area contributed by atoms with Gasteiger partial charge in [-0.25, -0.2) is 13.6 Å². The summed E-state index contributed by atoms with van der Waals surface area (Å²) in [5.74, 6) is -4.04. The Balaban J connectivity index is 2.13. The van der Waals surface area contributed by atoms with Gasteiger partial charge in [0.1, 0.15) is 17.4 Å². The molecule has 1 aliphatic heterocycles. The minimum Gasteiger partial charge on any atom is -0.497 e. The van der Waals surface area contributed by atoms with E-state index in [0.29, 0.717) is 6.07 Å². The molecular formula is C23H21F2N3O6. The van der Waals surface area contributed by atoms with Gasteiger partial charge in [-0.2, -0.15) is 0 Å². The molecule has 1 atom stereocenters. The van der Waals surface area contributed by atoms with Gasteiger partial charge in [-0.05, 0) is 29.8 Å². The van der Waals surface area contributed by atoms with E-state index in [4.69, 9.17) is 9.84 Å². The number of likely N-dealkylation sites (N-methyl/N-ethyl adjacent to an activating group) is 1. The number of nitrogens with one attached hydrogen (secondary N) is 1. The predicted molar refractivity (Wildman–Crippen MR) is 117 cm³/mol. The van der Waals surface area contributed by atoms with E-state index in [9.17, 15) is 28.0 Å². The van der Waals surface area contributed by atoms with Crippen molar-refractivity contribution in [3.05, 3.63) is 60.3 Å². The van der Waals surface area contributed by atoms with E-state index in [1.165, 1.54) is 44.6 Å². The molecule has 11 heteroatoms. The van der Waals surface area contributed by atoms with E-state index < -0.39 is 47.8 Å². The van der Waals surface area contributed by atoms with E-state index in [-0.39, 0.29) is 29.1 Å². The summed E-state index contributed by atoms with van der Waals surface area (Å²) >= 11 is 0. The van der Waals surface area contributed by atoms with Gasteiger partial charge in [-0.3, -0.25) is 19.3 Å². The van der Waals surface area contributed by atoms with E-state index in [2.05, 4.69) is 5.32 Å². The van der Waals surface area contributed by atoms with E-state index >= 15 is 0 Å². The Labute approximate surface area is 193 Å². The molecule has 1 heterocycles. The van der Waals surface area contributed by atoms with Crippen molar-refractivity contribution in [1.29, 1.82) is 0 Å². The fourth-order valence-electron chi connectivity index (χ4n) is 3.37. The molecule has 0 aliphatic carbocycles. The minimum atomic E-state index is -1.60. The van der Waals surface area contributed by atoms with Gasteiger partial charge in [0.15, 0.2) is 11.8 Å². The molecule has 2 N–H and O–H groups in total. The first-order valence-corrected chi connectivity index (χ1v) is 10.0. The van der Waals surface area contributed by atoms with Crippen molar-refractivity contribution in [2.75, 3.05) is 25.6 Å². The molecule has 0 saturated heterocycles. The lowest BCUT2D eigenvalue weighted by atomic mass is 10.0. The van der Waals surface area contributed by atoms with Gasteiger partial charge in [0.2, 0.25) is 0 Å². The molecule has 3 amide bonds. The highest BCUT2D eigenvalue weighted by atomic mass is 19.1. The van der Waals surface area contributed by atoms with Crippen LogP contribution < -0.4 is 15.0 Å². The number of carboxylic acid groups (broad SMARTS) is 1. The van der Waals surface area contributed by atoms with Crippen LogP contribution in [0.15, 0.2) is 48.7 Å². The van der Waals surface area contributed by atoms with Gasteiger partial charge in [-0.15, -0.1) is 0 Å². The number of benzene rings is 2. The number of carbonyl (C=O) groups is 4. The van der Waals surface area contributed by atoms with Gasteiger partial charge in [0.05, 0.1) is 19.2 Å². The highest BCUT2D eigenvalue weighted by Gasteiger charge is 2.39. The number of carboxylic acids is 1. The normalized spacial score (nSPS) is 15.3. The molecule has 2 aromatic carbocycles. The molecule has 1 aliphatic rings. The molecular weight excluding hydrogens is 452 g/mol. The van der Waals surface area contributed by atoms with Gasteiger partial charge in [0.25, 0.3) is 5.91 Å². The molecule has 0 bridgehead atoms. The lowest BCUT2D eigenvalue weighted by Crippen LogP contribution is -2.57. The lowest BCUT2D eigenvalue weighted by Gasteiger charge is -2.33. The maximum atomic E-state index is 14.5. The second-order valence-electron chi connectivity index (χ2n) is 7.36. The summed E-state index contributed by atoms with van der Waals surface area (Å²) in [7, 11) is 2.73. The Morgan fingerprint density at radius 2 is 1.91 bits per heavy atom. The summed E-state index contributed by atoms with van der Waals surface area (Å²) in [5, 5.41) is 11.2. The average Bonchev–Trinajstić information content (AvgIpc) is 2.78. The third-order valence-electron chi connectivity index (χ3n) is 5.05. The first-order chi connectivity index (χ1) is 16.1. The van der Waals surface area contributed by atoms with Crippen molar-refractivity contribution in [3.8, 4) is 16.9 Å². The van der Waals surface area contributed by atoms with E-state index in [1.54, 1.807) is 0 Å². The van der Waals surface area contributed by atoms with Crippen LogP contribution in [0, 0.1) is 11.6 Å². The number of aliphatic carboxylic acids is 1. The van der Waals surface area contributed by atoms with Gasteiger partial charge < -0.3 is 20.1 Å². The minimum absolute atomic E-state index is 0.00120. The summed E-state index contributed by atoms with van der Waals surface area (Å²) < 4.78 is 33.1. The molecule has 34 heavy (non-hydrogen) atoms. The quantitative estimate of drug-likeness (QED) is 0.597. The topological polar surface area (TPSA) is 116 Å². The van der Waals surface area contributed by atoms with Crippen molar-refractivity contribution in [1.82, 2.24) is 10.2 Å². The van der Waals surface area contributed by atoms with E-state index in [1.807, 2.05) is 0 Å². The first-order valence-electron chi connectivity index (χ1n) is 10.0. The summed E-state index contributed by atoms with van der Waals surface area (Å²) in [6.45, 7) is -0.269. The van der Waals surface area contributed by atoms with Crippen LogP contribution >= 0.6 is 0 Å². The van der Waals surface area contributed by atoms with Crippen LogP contribution in [0.2, 0.25) is 0 Å². The van der Waals surface area contributed by atoms with Crippen molar-refractivity contribution in [2.24, 2.45) is 0 Å². The number of methoxy groups -OCH3 is 1. The number of urea groups is 1. The lowest BCUT2D eigenvalue weighted by molar-refractivity contribution is -0.137. The second-order valence-corrected chi connectivity index (χ2v) is 7.36. The molecule has 0 fully saturated rings. The van der Waals surface area contributed by atoms with Gasteiger partial charge >= 0.3 is 12.0 Å². The molecule has 0 radical (unpaired) electrons. The van der Waals surface area contributed by atoms with E-state index in [0.717, 1.165) is 21.9 Å². The zero-order chi connectivity index (χ0) is 25.0. The number of rotatable bonds is 7. The van der Waals surface area contributed by atoms with Crippen molar-refractivity contribution >= 4 is 29.4 Å². The van der Waals surface area contributed by atoms with Crippen molar-refractivity contribution in [2.45, 2.75) is 12.5 Å². The fraction of sp³-hybridized carbons (Fsp3) is 0.217. The van der Waals surface area contributed by atoms with Crippen molar-refractivity contribution < 1.29 is 37.8 Å². The number of anilines is 1. The monoisotopic (exact) mass is 473 g/mol. The number of hydrogen-bond acceptors (Lipinski definition) is 5. The number of ketones is 1. The standard InChI is InChI=1S/C23H21F2N3O6/c1-27-8-6-19(29)21(22(27)32)28(23(33)26-7-5-20(30)31)15-9-13(10-16(12-15)34-2)17-4-3-14(24)11-18(17)25/h3-4,6,8-12,21H,5,7H2,1-2H3,(H,26,33)(H,30,31)/t21-/m0/s1. The van der Waals surface area contributed by atoms with Crippen LogP contribution in [0.3, 0.4) is 0 Å². The highest BCUT2D eigenvalue weighted by Crippen LogP contribution is 2.33. The SMILES string of the molecule is COc1cc(-c2ccc(F)cc2F)cc(N(C(=O)NCCC(=O)O)[C@H]2C(=O)C=CN(C)C2=O)c1. The Hall–Kier alpha value is -4.28. The smallest absolute Gasteiger partial charge is 0.323 e. The fourth-order valence-corrected chi connectivity index (χ4v) is 3.37. The Bertz CT molecular complexity index is 1180. The van der Waals surface area contributed by atoms with Gasteiger partial charge in [-0.1, -0.05) is 0 Å². The number of hydrogen-bond donors (Lipinski definition) is 2. The van der Waals surface area contributed by atoms with Crippen LogP contribution in [0.4, 0.5) is 19.3 Å². The highest BCUT2D eigenvalue weighted by molar-refractivity contribution is 6.19. The maximum Gasteiger partial charge on any atom is 0.323 e. The van der Waals surface area contributed by atoms with Crippen LogP contribution in [0.1, 0.15) is 6.42 Å². The number of nitrogens with zero attached hydrogens (tertiary/aromatic N) is 2. The molecule has 178 valence electrons. The molecule has 0 aromatic heterocycles. The summed E-state index contributed by atoms with van der Waals surface area (Å²) in [6.07, 6.45) is 1.99. The molecule has 9 nitrogen and oxygen atoms in total. The molecule has 0 unspecified atom stereocenters. The largest absolute Gasteiger partial charge is 0.497 e. The summed E-state index contributed by atoms with van der Waals surface area (Å²) in [6, 6.07) is 4.58. The average molecular weight is 473 g/mol. The molecule has 0 saturated carbocycles. The van der Waals surface area contributed by atoms with Crippen molar-refractivity contribution in [3.63, 3.8) is 0 Å². The van der Waals surface area contributed by atoms with Gasteiger partial charge in [0, 0.05) is 43.6 Å². The summed E-state index contributed by atoms with van der Waals surface area (Å²) in [5.41, 5.74) is 0.183. The van der Waals surface area contributed by atoms with Crippen LogP contribution in [0.5, 0.6) is 5.75 Å². The summed E-state index contributed by atoms with van der Waals surface area (Å²) in [4.78, 5) is 51.4. The number of halogens is 2. The van der Waals surface area contributed by atoms with Crippen LogP contribution in [-0.2, 0) is 14.4 Å². The number of ether oxygens (including phenoxy) is 1. The zero-order valence-electron chi connectivity index (χ0n) is 18.2. The Morgan fingerprint density at radius 1 is 1.18 bits per heavy atom. The third kappa shape index (κ3) is 5.20. The Morgan fingerprint density at radius 3 is 2.56 bits per heavy atom. The number of carbonyl (C=O) groups excluding carboxylic acids is 3. The molecule has 3 rings (SSSR count). The number of amides is 3. The predicted octanol–water partition coefficient (Wildman–Crippen LogP) is 2.55. The van der Waals surface area contributed by atoms with Crippen LogP contribution in [0.25, 0.3) is 11.1 Å².